The van der Waals surface area contributed by atoms with Crippen molar-refractivity contribution in [3.05, 3.63) is 34.4 Å². The first-order valence-electron chi connectivity index (χ1n) is 7.59. The van der Waals surface area contributed by atoms with Crippen molar-refractivity contribution in [2.24, 2.45) is 0 Å². The van der Waals surface area contributed by atoms with Crippen molar-refractivity contribution in [1.82, 2.24) is 5.32 Å². The number of carboxylic acids is 1. The second-order valence-corrected chi connectivity index (χ2v) is 5.94. The maximum Gasteiger partial charge on any atom is 0.320 e. The maximum absolute atomic E-state index is 11.3. The molecule has 2 rings (SSSR count). The largest absolute Gasteiger partial charge is 0.480 e. The molecule has 3 heteroatoms. The third kappa shape index (κ3) is 3.21. The molecular formula is C17H25NO2. The molecule has 0 saturated carbocycles. The number of hydrogen-bond donors (Lipinski definition) is 2. The minimum Gasteiger partial charge on any atom is -0.480 e. The number of rotatable bonds is 5. The Bertz CT molecular complexity index is 496. The van der Waals surface area contributed by atoms with Gasteiger partial charge in [-0.05, 0) is 61.8 Å². The van der Waals surface area contributed by atoms with Crippen LogP contribution in [0.1, 0.15) is 48.4 Å². The molecule has 20 heavy (non-hydrogen) atoms. The molecule has 0 aromatic heterocycles. The van der Waals surface area contributed by atoms with E-state index in [1.807, 2.05) is 6.92 Å². The lowest BCUT2D eigenvalue weighted by molar-refractivity contribution is -0.139. The average Bonchev–Trinajstić information content (AvgIpc) is 2.42. The van der Waals surface area contributed by atoms with Crippen molar-refractivity contribution < 1.29 is 9.90 Å². The van der Waals surface area contributed by atoms with Crippen LogP contribution in [-0.4, -0.2) is 23.2 Å². The molecular weight excluding hydrogens is 250 g/mol. The van der Waals surface area contributed by atoms with Crippen molar-refractivity contribution in [2.75, 3.05) is 0 Å². The van der Waals surface area contributed by atoms with E-state index in [0.717, 1.165) is 25.7 Å². The highest BCUT2D eigenvalue weighted by Crippen LogP contribution is 2.27. The highest BCUT2D eigenvalue weighted by Gasteiger charge is 2.25. The molecule has 1 aromatic rings. The monoisotopic (exact) mass is 275 g/mol. The van der Waals surface area contributed by atoms with Gasteiger partial charge in [-0.3, -0.25) is 4.79 Å². The fourth-order valence-electron chi connectivity index (χ4n) is 3.22. The summed E-state index contributed by atoms with van der Waals surface area (Å²) >= 11 is 0. The summed E-state index contributed by atoms with van der Waals surface area (Å²) in [5, 5.41) is 12.6. The molecule has 0 fully saturated rings. The summed E-state index contributed by atoms with van der Waals surface area (Å²) in [6.07, 6.45) is 4.64. The summed E-state index contributed by atoms with van der Waals surface area (Å²) < 4.78 is 0. The number of hydrogen-bond acceptors (Lipinski definition) is 2. The molecule has 0 saturated heterocycles. The highest BCUT2D eigenvalue weighted by molar-refractivity contribution is 5.73. The Kier molecular flexibility index (Phi) is 4.81. The molecule has 2 atom stereocenters. The van der Waals surface area contributed by atoms with Gasteiger partial charge in [0, 0.05) is 6.04 Å². The van der Waals surface area contributed by atoms with E-state index in [-0.39, 0.29) is 6.04 Å². The molecule has 1 unspecified atom stereocenters. The van der Waals surface area contributed by atoms with Crippen molar-refractivity contribution in [3.8, 4) is 0 Å². The van der Waals surface area contributed by atoms with Gasteiger partial charge in [0.2, 0.25) is 0 Å². The number of carboxylic acid groups (broad SMARTS) is 1. The van der Waals surface area contributed by atoms with E-state index in [2.05, 4.69) is 31.3 Å². The summed E-state index contributed by atoms with van der Waals surface area (Å²) in [5.41, 5.74) is 5.60. The van der Waals surface area contributed by atoms with E-state index < -0.39 is 12.0 Å². The molecule has 1 aliphatic carbocycles. The van der Waals surface area contributed by atoms with Gasteiger partial charge < -0.3 is 10.4 Å². The molecule has 3 nitrogen and oxygen atoms in total. The van der Waals surface area contributed by atoms with Crippen LogP contribution < -0.4 is 5.32 Å². The van der Waals surface area contributed by atoms with Crippen LogP contribution in [0.3, 0.4) is 0 Å². The molecule has 0 bridgehead atoms. The van der Waals surface area contributed by atoms with Crippen molar-refractivity contribution in [2.45, 2.75) is 65.0 Å². The maximum atomic E-state index is 11.3. The fourth-order valence-corrected chi connectivity index (χ4v) is 3.22. The van der Waals surface area contributed by atoms with Crippen molar-refractivity contribution >= 4 is 5.97 Å². The molecule has 0 spiro atoms. The van der Waals surface area contributed by atoms with Gasteiger partial charge in [0.05, 0.1) is 0 Å². The third-order valence-corrected chi connectivity index (χ3v) is 4.41. The average molecular weight is 275 g/mol. The zero-order valence-electron chi connectivity index (χ0n) is 12.7. The Morgan fingerprint density at radius 1 is 1.35 bits per heavy atom. The van der Waals surface area contributed by atoms with Crippen molar-refractivity contribution in [3.63, 3.8) is 0 Å². The van der Waals surface area contributed by atoms with Gasteiger partial charge >= 0.3 is 5.97 Å². The Morgan fingerprint density at radius 3 is 2.60 bits per heavy atom. The lowest BCUT2D eigenvalue weighted by atomic mass is 9.83. The Labute approximate surface area is 121 Å². The Hall–Kier alpha value is -1.35. The predicted octanol–water partition coefficient (Wildman–Crippen LogP) is 3.00. The van der Waals surface area contributed by atoms with Crippen LogP contribution in [0, 0.1) is 13.8 Å². The van der Waals surface area contributed by atoms with Gasteiger partial charge in [-0.2, -0.15) is 0 Å². The van der Waals surface area contributed by atoms with Crippen LogP contribution in [0.5, 0.6) is 0 Å². The highest BCUT2D eigenvalue weighted by atomic mass is 16.4. The van der Waals surface area contributed by atoms with E-state index in [4.69, 9.17) is 0 Å². The molecule has 0 amide bonds. The first-order chi connectivity index (χ1) is 9.52. The minimum absolute atomic E-state index is 0.288. The zero-order valence-corrected chi connectivity index (χ0v) is 12.7. The lowest BCUT2D eigenvalue weighted by Gasteiger charge is -2.30. The van der Waals surface area contributed by atoms with Gasteiger partial charge in [0.25, 0.3) is 0 Å². The predicted molar refractivity (Wildman–Crippen MR) is 81.2 cm³/mol. The standard InChI is InChI=1S/C17H25NO2/c1-4-5-16(17(19)20)18-13-8-9-14-11(2)6-7-12(3)15(14)10-13/h6-7,13,16,18H,4-5,8-10H2,1-3H3,(H,19,20)/t13-,16?/m0/s1. The number of aryl methyl sites for hydroxylation is 2. The zero-order chi connectivity index (χ0) is 14.7. The molecule has 0 radical (unpaired) electrons. The molecule has 110 valence electrons. The van der Waals surface area contributed by atoms with Gasteiger partial charge in [0.15, 0.2) is 0 Å². The first-order valence-corrected chi connectivity index (χ1v) is 7.59. The van der Waals surface area contributed by atoms with Gasteiger partial charge in [-0.15, -0.1) is 0 Å². The molecule has 1 aromatic carbocycles. The quantitative estimate of drug-likeness (QED) is 0.868. The van der Waals surface area contributed by atoms with E-state index in [1.54, 1.807) is 0 Å². The number of fused-ring (bicyclic) bond motifs is 1. The normalized spacial score (nSPS) is 19.4. The number of aliphatic carboxylic acids is 1. The molecule has 0 heterocycles. The molecule has 1 aliphatic rings. The Balaban J connectivity index is 2.11. The fraction of sp³-hybridized carbons (Fsp3) is 0.588. The number of nitrogens with one attached hydrogen (secondary N) is 1. The number of carbonyl (C=O) groups is 1. The molecule has 2 N–H and O–H groups in total. The van der Waals surface area contributed by atoms with Crippen LogP contribution in [0.2, 0.25) is 0 Å². The summed E-state index contributed by atoms with van der Waals surface area (Å²) in [5.74, 6) is -0.724. The van der Waals surface area contributed by atoms with Crippen LogP contribution in [-0.2, 0) is 17.6 Å². The van der Waals surface area contributed by atoms with Crippen LogP contribution >= 0.6 is 0 Å². The SMILES string of the molecule is CCCC(N[C@H]1CCc2c(C)ccc(C)c2C1)C(=O)O. The molecule has 0 aliphatic heterocycles. The van der Waals surface area contributed by atoms with Crippen LogP contribution in [0.25, 0.3) is 0 Å². The van der Waals surface area contributed by atoms with Gasteiger partial charge in [-0.25, -0.2) is 0 Å². The van der Waals surface area contributed by atoms with Crippen LogP contribution in [0.15, 0.2) is 12.1 Å². The minimum atomic E-state index is -0.724. The van der Waals surface area contributed by atoms with Crippen LogP contribution in [0.4, 0.5) is 0 Å². The summed E-state index contributed by atoms with van der Waals surface area (Å²) in [6.45, 7) is 6.35. The Morgan fingerprint density at radius 2 is 2.00 bits per heavy atom. The summed E-state index contributed by atoms with van der Waals surface area (Å²) in [4.78, 5) is 11.3. The first kappa shape index (κ1) is 15.0. The summed E-state index contributed by atoms with van der Waals surface area (Å²) in [6, 6.07) is 4.25. The van der Waals surface area contributed by atoms with Gasteiger partial charge in [-0.1, -0.05) is 25.5 Å². The van der Waals surface area contributed by atoms with E-state index in [9.17, 15) is 9.90 Å². The topological polar surface area (TPSA) is 49.3 Å². The number of benzene rings is 1. The van der Waals surface area contributed by atoms with E-state index >= 15 is 0 Å². The third-order valence-electron chi connectivity index (χ3n) is 4.41. The van der Waals surface area contributed by atoms with E-state index in [0.29, 0.717) is 6.42 Å². The second-order valence-electron chi connectivity index (χ2n) is 5.94. The lowest BCUT2D eigenvalue weighted by Crippen LogP contribution is -2.45. The second kappa shape index (κ2) is 6.40. The summed E-state index contributed by atoms with van der Waals surface area (Å²) in [7, 11) is 0. The van der Waals surface area contributed by atoms with Gasteiger partial charge in [0.1, 0.15) is 6.04 Å². The van der Waals surface area contributed by atoms with Crippen molar-refractivity contribution in [1.29, 1.82) is 0 Å². The smallest absolute Gasteiger partial charge is 0.320 e. The van der Waals surface area contributed by atoms with E-state index in [1.165, 1.54) is 22.3 Å².